The van der Waals surface area contributed by atoms with E-state index in [-0.39, 0.29) is 0 Å². The van der Waals surface area contributed by atoms with E-state index in [9.17, 15) is 0 Å². The van der Waals surface area contributed by atoms with E-state index >= 15 is 0 Å². The van der Waals surface area contributed by atoms with Gasteiger partial charge in [0.05, 0.1) is 0 Å². The molecule has 1 fully saturated rings. The highest BCUT2D eigenvalue weighted by atomic mass is 15.2. The molecule has 0 aliphatic carbocycles. The van der Waals surface area contributed by atoms with Crippen LogP contribution in [0, 0.1) is 0 Å². The third-order valence-corrected chi connectivity index (χ3v) is 1.74. The molecule has 3 nitrogen and oxygen atoms in total. The van der Waals surface area contributed by atoms with Crippen LogP contribution in [-0.4, -0.2) is 31.1 Å². The fourth-order valence-corrected chi connectivity index (χ4v) is 1.21. The molecule has 0 aromatic carbocycles. The third kappa shape index (κ3) is 2.30. The highest BCUT2D eigenvalue weighted by Crippen LogP contribution is 2.05. The summed E-state index contributed by atoms with van der Waals surface area (Å²) in [5, 5.41) is 0. The molecule has 9 heavy (non-hydrogen) atoms. The van der Waals surface area contributed by atoms with Gasteiger partial charge >= 0.3 is 0 Å². The molecule has 0 amide bonds. The first-order valence-electron chi connectivity index (χ1n) is 3.52. The fourth-order valence-electron chi connectivity index (χ4n) is 1.21. The van der Waals surface area contributed by atoms with Crippen LogP contribution in [0.15, 0.2) is 0 Å². The van der Waals surface area contributed by atoms with E-state index in [1.165, 1.54) is 25.9 Å². The average molecular weight is 128 g/mol. The van der Waals surface area contributed by atoms with Crippen molar-refractivity contribution in [1.29, 1.82) is 0 Å². The first-order chi connectivity index (χ1) is 4.43. The molecular formula is C6H14N3. The number of nitrogens with zero attached hydrogens (tertiary/aromatic N) is 2. The number of hydrogen-bond donors (Lipinski definition) is 1. The summed E-state index contributed by atoms with van der Waals surface area (Å²) in [6.07, 6.45) is 2.70. The zero-order chi connectivity index (χ0) is 6.53. The lowest BCUT2D eigenvalue weighted by Gasteiger charge is -2.11. The van der Waals surface area contributed by atoms with E-state index in [1.807, 2.05) is 0 Å². The molecule has 0 spiro atoms. The Hall–Kier alpha value is -0.120. The molecule has 0 atom stereocenters. The van der Waals surface area contributed by atoms with E-state index in [1.54, 1.807) is 0 Å². The molecule has 1 aliphatic rings. The SMILES string of the molecule is N[N]CCN1CCCC1. The molecule has 3 heteroatoms. The predicted molar refractivity (Wildman–Crippen MR) is 36.9 cm³/mol. The molecule has 1 saturated heterocycles. The van der Waals surface area contributed by atoms with Gasteiger partial charge < -0.3 is 4.90 Å². The Labute approximate surface area is 56.2 Å². The third-order valence-electron chi connectivity index (χ3n) is 1.74. The van der Waals surface area contributed by atoms with Crippen LogP contribution in [0.4, 0.5) is 0 Å². The van der Waals surface area contributed by atoms with Crippen LogP contribution in [0.25, 0.3) is 0 Å². The maximum absolute atomic E-state index is 5.00. The van der Waals surface area contributed by atoms with Crippen LogP contribution in [-0.2, 0) is 0 Å². The second-order valence-electron chi connectivity index (χ2n) is 2.45. The van der Waals surface area contributed by atoms with E-state index in [4.69, 9.17) is 5.84 Å². The summed E-state index contributed by atoms with van der Waals surface area (Å²) >= 11 is 0. The van der Waals surface area contributed by atoms with Crippen molar-refractivity contribution >= 4 is 0 Å². The maximum Gasteiger partial charge on any atom is 0.0429 e. The number of nitrogens with two attached hydrogens (primary N) is 1. The molecule has 0 aromatic heterocycles. The van der Waals surface area contributed by atoms with Crippen molar-refractivity contribution in [2.24, 2.45) is 5.84 Å². The zero-order valence-electron chi connectivity index (χ0n) is 5.71. The highest BCUT2D eigenvalue weighted by Gasteiger charge is 2.09. The molecule has 0 saturated carbocycles. The minimum absolute atomic E-state index is 0.792. The minimum atomic E-state index is 0.792. The molecule has 1 heterocycles. The number of hydrogen-bond acceptors (Lipinski definition) is 2. The summed E-state index contributed by atoms with van der Waals surface area (Å²) in [7, 11) is 0. The Morgan fingerprint density at radius 1 is 1.33 bits per heavy atom. The molecular weight excluding hydrogens is 114 g/mol. The van der Waals surface area contributed by atoms with E-state index in [2.05, 4.69) is 10.3 Å². The summed E-state index contributed by atoms with van der Waals surface area (Å²) in [5.74, 6) is 5.00. The first-order valence-corrected chi connectivity index (χ1v) is 3.52. The van der Waals surface area contributed by atoms with Crippen LogP contribution in [0.5, 0.6) is 0 Å². The second kappa shape index (κ2) is 3.82. The lowest BCUT2D eigenvalue weighted by atomic mass is 10.4. The molecule has 2 N–H and O–H groups in total. The van der Waals surface area contributed by atoms with Crippen molar-refractivity contribution in [3.05, 3.63) is 0 Å². The van der Waals surface area contributed by atoms with Crippen molar-refractivity contribution in [3.63, 3.8) is 0 Å². The monoisotopic (exact) mass is 128 g/mol. The van der Waals surface area contributed by atoms with Crippen LogP contribution in [0.1, 0.15) is 12.8 Å². The van der Waals surface area contributed by atoms with Gasteiger partial charge in [-0.3, -0.25) is 5.84 Å². The van der Waals surface area contributed by atoms with Crippen LogP contribution in [0.3, 0.4) is 0 Å². The molecule has 1 aliphatic heterocycles. The van der Waals surface area contributed by atoms with Crippen molar-refractivity contribution < 1.29 is 0 Å². The van der Waals surface area contributed by atoms with Gasteiger partial charge in [0.1, 0.15) is 0 Å². The summed E-state index contributed by atoms with van der Waals surface area (Å²) in [6.45, 7) is 4.33. The fraction of sp³-hybridized carbons (Fsp3) is 1.00. The van der Waals surface area contributed by atoms with Crippen molar-refractivity contribution in [2.75, 3.05) is 26.2 Å². The first kappa shape index (κ1) is 6.99. The van der Waals surface area contributed by atoms with Gasteiger partial charge in [-0.2, -0.15) is 5.43 Å². The lowest BCUT2D eigenvalue weighted by Crippen LogP contribution is -2.29. The van der Waals surface area contributed by atoms with Crippen LogP contribution in [0.2, 0.25) is 0 Å². The smallest absolute Gasteiger partial charge is 0.0429 e. The average Bonchev–Trinajstić information content (AvgIpc) is 2.34. The summed E-state index contributed by atoms with van der Waals surface area (Å²) < 4.78 is 0. The zero-order valence-corrected chi connectivity index (χ0v) is 5.71. The molecule has 0 bridgehead atoms. The van der Waals surface area contributed by atoms with E-state index in [0.717, 1.165) is 13.1 Å². The maximum atomic E-state index is 5.00. The minimum Gasteiger partial charge on any atom is -0.302 e. The Balaban J connectivity index is 1.98. The molecule has 0 unspecified atom stereocenters. The molecule has 1 radical (unpaired) electrons. The van der Waals surface area contributed by atoms with Crippen LogP contribution >= 0.6 is 0 Å². The van der Waals surface area contributed by atoms with E-state index in [0.29, 0.717) is 0 Å². The highest BCUT2D eigenvalue weighted by molar-refractivity contribution is 4.65. The Morgan fingerprint density at radius 2 is 2.00 bits per heavy atom. The molecule has 1 rings (SSSR count). The second-order valence-corrected chi connectivity index (χ2v) is 2.45. The molecule has 53 valence electrons. The van der Waals surface area contributed by atoms with Crippen LogP contribution < -0.4 is 11.3 Å². The van der Waals surface area contributed by atoms with Gasteiger partial charge in [0.15, 0.2) is 0 Å². The lowest BCUT2D eigenvalue weighted by molar-refractivity contribution is 0.336. The van der Waals surface area contributed by atoms with Gasteiger partial charge in [0.2, 0.25) is 0 Å². The number of likely N-dealkylation sites (tertiary alicyclic amines) is 1. The Morgan fingerprint density at radius 3 is 2.56 bits per heavy atom. The van der Waals surface area contributed by atoms with E-state index < -0.39 is 0 Å². The summed E-state index contributed by atoms with van der Waals surface area (Å²) in [6, 6.07) is 0. The van der Waals surface area contributed by atoms with Gasteiger partial charge in [-0.25, -0.2) is 0 Å². The largest absolute Gasteiger partial charge is 0.302 e. The predicted octanol–water partition coefficient (Wildman–Crippen LogP) is -0.440. The Kier molecular flexibility index (Phi) is 2.97. The Bertz CT molecular complexity index is 68.7. The van der Waals surface area contributed by atoms with Gasteiger partial charge in [-0.15, -0.1) is 0 Å². The standard InChI is InChI=1S/C6H14N3/c7-8-3-6-9-4-1-2-5-9/h1-7H2. The van der Waals surface area contributed by atoms with Gasteiger partial charge in [0.25, 0.3) is 0 Å². The summed E-state index contributed by atoms with van der Waals surface area (Å²) in [5.41, 5.74) is 3.56. The van der Waals surface area contributed by atoms with Gasteiger partial charge in [0, 0.05) is 13.1 Å². The normalized spacial score (nSPS) is 21.0. The van der Waals surface area contributed by atoms with Crippen molar-refractivity contribution in [3.8, 4) is 0 Å². The van der Waals surface area contributed by atoms with Gasteiger partial charge in [-0.1, -0.05) is 0 Å². The summed E-state index contributed by atoms with van der Waals surface area (Å²) in [4.78, 5) is 2.40. The quantitative estimate of drug-likeness (QED) is 0.413. The van der Waals surface area contributed by atoms with Crippen molar-refractivity contribution in [2.45, 2.75) is 12.8 Å². The topological polar surface area (TPSA) is 43.4 Å². The van der Waals surface area contributed by atoms with Gasteiger partial charge in [-0.05, 0) is 25.9 Å². The van der Waals surface area contributed by atoms with Crippen molar-refractivity contribution in [1.82, 2.24) is 10.3 Å². The molecule has 0 aromatic rings. The number of rotatable bonds is 3.